The highest BCUT2D eigenvalue weighted by atomic mass is 33.1. The average Bonchev–Trinajstić information content (AvgIpc) is 1.78. The Morgan fingerprint density at radius 3 is 2.29 bits per heavy atom. The molecular formula is C5H12O6P2S. The molecule has 0 aromatic carbocycles. The summed E-state index contributed by atoms with van der Waals surface area (Å²) in [6.45, 7) is -3.69. The summed E-state index contributed by atoms with van der Waals surface area (Å²) in [6.07, 6.45) is 0.367. The largest absolute Gasteiger partial charge is 0.397 e. The van der Waals surface area contributed by atoms with Gasteiger partial charge in [-0.3, -0.25) is 0 Å². The van der Waals surface area contributed by atoms with Gasteiger partial charge in [0.05, 0.1) is 17.6 Å². The molecule has 0 aromatic rings. The van der Waals surface area contributed by atoms with Gasteiger partial charge >= 0.3 is 13.6 Å². The molecule has 0 radical (unpaired) electrons. The lowest BCUT2D eigenvalue weighted by Gasteiger charge is -2.11. The van der Waals surface area contributed by atoms with Crippen molar-refractivity contribution in [2.24, 2.45) is 0 Å². The van der Waals surface area contributed by atoms with E-state index in [0.29, 0.717) is 6.42 Å². The van der Waals surface area contributed by atoms with Crippen LogP contribution in [0.3, 0.4) is 0 Å². The topological polar surface area (TPSA) is 104 Å². The van der Waals surface area contributed by atoms with Crippen LogP contribution in [0.5, 0.6) is 0 Å². The highest BCUT2D eigenvalue weighted by Gasteiger charge is 2.32. The van der Waals surface area contributed by atoms with Crippen LogP contribution in [-0.4, -0.2) is 21.3 Å². The smallest absolute Gasteiger partial charge is 0.316 e. The second-order valence-corrected chi connectivity index (χ2v) is 9.69. The first kappa shape index (κ1) is 14.4. The van der Waals surface area contributed by atoms with Crippen molar-refractivity contribution in [2.75, 3.05) is 6.61 Å². The van der Waals surface area contributed by atoms with Gasteiger partial charge in [0.1, 0.15) is 0 Å². The van der Waals surface area contributed by atoms with Crippen LogP contribution in [0.4, 0.5) is 0 Å². The van der Waals surface area contributed by atoms with E-state index in [9.17, 15) is 9.13 Å². The summed E-state index contributed by atoms with van der Waals surface area (Å²) in [6, 6.07) is 0. The van der Waals surface area contributed by atoms with E-state index in [1.165, 1.54) is 0 Å². The molecule has 0 heterocycles. The molecule has 0 spiro atoms. The van der Waals surface area contributed by atoms with E-state index >= 15 is 0 Å². The number of rotatable bonds is 6. The second kappa shape index (κ2) is 5.47. The monoisotopic (exact) mass is 262 g/mol. The highest BCUT2D eigenvalue weighted by molar-refractivity contribution is 8.84. The lowest BCUT2D eigenvalue weighted by molar-refractivity contribution is 0.279. The van der Waals surface area contributed by atoms with Gasteiger partial charge < -0.3 is 19.2 Å². The molecular weight excluding hydrogens is 250 g/mol. The lowest BCUT2D eigenvalue weighted by Crippen LogP contribution is -1.91. The maximum atomic E-state index is 11.0. The van der Waals surface area contributed by atoms with Gasteiger partial charge in [-0.05, 0) is 13.3 Å². The SMILES string of the molecule is C=C(C)CCOP(=O)(O)SP(=O)(O)O. The predicted octanol–water partition coefficient (Wildman–Crippen LogP) is 1.90. The Morgan fingerprint density at radius 2 is 1.93 bits per heavy atom. The van der Waals surface area contributed by atoms with Crippen LogP contribution < -0.4 is 0 Å². The van der Waals surface area contributed by atoms with Gasteiger partial charge in [-0.15, -0.1) is 6.58 Å². The molecule has 0 saturated heterocycles. The van der Waals surface area contributed by atoms with Crippen molar-refractivity contribution in [1.82, 2.24) is 0 Å². The van der Waals surface area contributed by atoms with Gasteiger partial charge in [-0.1, -0.05) is 5.57 Å². The molecule has 0 fully saturated rings. The van der Waals surface area contributed by atoms with Crippen molar-refractivity contribution in [2.45, 2.75) is 13.3 Å². The summed E-state index contributed by atoms with van der Waals surface area (Å²) in [5.74, 6) is 0. The summed E-state index contributed by atoms with van der Waals surface area (Å²) >= 11 is -0.363. The molecule has 0 aliphatic heterocycles. The first-order valence-corrected chi connectivity index (χ1v) is 8.73. The van der Waals surface area contributed by atoms with Crippen LogP contribution in [0.25, 0.3) is 0 Å². The van der Waals surface area contributed by atoms with E-state index in [4.69, 9.17) is 14.7 Å². The first-order chi connectivity index (χ1) is 6.12. The Bertz CT molecular complexity index is 297. The zero-order valence-electron chi connectivity index (χ0n) is 7.49. The van der Waals surface area contributed by atoms with Crippen LogP contribution in [0.2, 0.25) is 0 Å². The summed E-state index contributed by atoms with van der Waals surface area (Å²) in [7, 11) is 0. The molecule has 0 aromatic heterocycles. The molecule has 0 saturated carbocycles. The van der Waals surface area contributed by atoms with Gasteiger partial charge in [0.15, 0.2) is 0 Å². The minimum absolute atomic E-state index is 0.0872. The van der Waals surface area contributed by atoms with Gasteiger partial charge in [0, 0.05) is 0 Å². The lowest BCUT2D eigenvalue weighted by atomic mass is 10.3. The summed E-state index contributed by atoms with van der Waals surface area (Å²) in [5.41, 5.74) is 0.756. The van der Waals surface area contributed by atoms with Gasteiger partial charge in [-0.2, -0.15) is 0 Å². The Kier molecular flexibility index (Phi) is 5.62. The summed E-state index contributed by atoms with van der Waals surface area (Å²) in [4.78, 5) is 25.7. The van der Waals surface area contributed by atoms with Gasteiger partial charge in [-0.25, -0.2) is 9.13 Å². The minimum atomic E-state index is -4.60. The van der Waals surface area contributed by atoms with Crippen LogP contribution in [-0.2, 0) is 13.7 Å². The fraction of sp³-hybridized carbons (Fsp3) is 0.600. The zero-order valence-corrected chi connectivity index (χ0v) is 10.1. The number of hydrogen-bond donors (Lipinski definition) is 3. The summed E-state index contributed by atoms with van der Waals surface area (Å²) in [5, 5.41) is 0. The molecule has 0 aliphatic rings. The van der Waals surface area contributed by atoms with Crippen LogP contribution >= 0.6 is 24.6 Å². The molecule has 1 atom stereocenters. The standard InChI is InChI=1S/C5H12O6P2S/c1-5(2)3-4-11-13(9,10)14-12(6,7)8/h1,3-4H2,2H3,(H,9,10)(H2,6,7,8). The van der Waals surface area contributed by atoms with Crippen LogP contribution in [0.15, 0.2) is 12.2 Å². The molecule has 14 heavy (non-hydrogen) atoms. The van der Waals surface area contributed by atoms with E-state index < -0.39 is 13.6 Å². The molecule has 0 amide bonds. The van der Waals surface area contributed by atoms with Crippen molar-refractivity contribution in [1.29, 1.82) is 0 Å². The molecule has 1 unspecified atom stereocenters. The fourth-order valence-electron chi connectivity index (χ4n) is 0.493. The van der Waals surface area contributed by atoms with E-state index in [0.717, 1.165) is 5.57 Å². The van der Waals surface area contributed by atoms with Crippen molar-refractivity contribution < 1.29 is 28.3 Å². The van der Waals surface area contributed by atoms with Gasteiger partial charge in [0.25, 0.3) is 0 Å². The van der Waals surface area contributed by atoms with E-state index in [2.05, 4.69) is 11.1 Å². The van der Waals surface area contributed by atoms with E-state index in [-0.39, 0.29) is 17.6 Å². The van der Waals surface area contributed by atoms with Crippen molar-refractivity contribution >= 4 is 24.6 Å². The number of hydrogen-bond acceptors (Lipinski definition) is 4. The Balaban J connectivity index is 4.03. The molecule has 9 heteroatoms. The molecule has 0 bridgehead atoms. The molecule has 6 nitrogen and oxygen atoms in total. The quantitative estimate of drug-likeness (QED) is 0.496. The maximum Gasteiger partial charge on any atom is 0.397 e. The molecule has 0 aliphatic carbocycles. The Labute approximate surface area is 85.6 Å². The van der Waals surface area contributed by atoms with Crippen molar-refractivity contribution in [3.8, 4) is 0 Å². The van der Waals surface area contributed by atoms with E-state index in [1.807, 2.05) is 0 Å². The predicted molar refractivity (Wildman–Crippen MR) is 54.8 cm³/mol. The normalized spacial score (nSPS) is 16.3. The molecule has 84 valence electrons. The Hall–Kier alpha value is 0.390. The third-order valence-corrected chi connectivity index (χ3v) is 7.27. The van der Waals surface area contributed by atoms with Gasteiger partial charge in [0.2, 0.25) is 0 Å². The fourth-order valence-corrected chi connectivity index (χ4v) is 5.15. The third-order valence-electron chi connectivity index (χ3n) is 0.993. The zero-order chi connectivity index (χ0) is 11.4. The summed E-state index contributed by atoms with van der Waals surface area (Å²) < 4.78 is 25.8. The Morgan fingerprint density at radius 1 is 1.43 bits per heavy atom. The minimum Gasteiger partial charge on any atom is -0.316 e. The maximum absolute atomic E-state index is 11.0. The van der Waals surface area contributed by atoms with Crippen LogP contribution in [0, 0.1) is 0 Å². The average molecular weight is 262 g/mol. The first-order valence-electron chi connectivity index (χ1n) is 3.51. The third kappa shape index (κ3) is 8.97. The van der Waals surface area contributed by atoms with Crippen LogP contribution in [0.1, 0.15) is 13.3 Å². The molecule has 0 rings (SSSR count). The molecule has 3 N–H and O–H groups in total. The van der Waals surface area contributed by atoms with E-state index in [1.54, 1.807) is 6.92 Å². The highest BCUT2D eigenvalue weighted by Crippen LogP contribution is 2.72. The van der Waals surface area contributed by atoms with Crippen molar-refractivity contribution in [3.05, 3.63) is 12.2 Å². The van der Waals surface area contributed by atoms with Crippen molar-refractivity contribution in [3.63, 3.8) is 0 Å². The second-order valence-electron chi connectivity index (χ2n) is 2.58.